The van der Waals surface area contributed by atoms with Gasteiger partial charge in [0.2, 0.25) is 10.0 Å². The number of hydrogen-bond acceptors (Lipinski definition) is 7. The molecule has 0 spiro atoms. The van der Waals surface area contributed by atoms with Gasteiger partial charge in [0.1, 0.15) is 11.8 Å². The molecule has 0 aliphatic heterocycles. The second-order valence-electron chi connectivity index (χ2n) is 6.75. The molecule has 0 fully saturated rings. The lowest BCUT2D eigenvalue weighted by molar-refractivity contribution is -0.151. The van der Waals surface area contributed by atoms with Gasteiger partial charge >= 0.3 is 5.97 Å². The summed E-state index contributed by atoms with van der Waals surface area (Å²) in [6.45, 7) is 2.21. The van der Waals surface area contributed by atoms with Gasteiger partial charge in [-0.25, -0.2) is 8.42 Å². The van der Waals surface area contributed by atoms with Crippen LogP contribution in [0.25, 0.3) is 0 Å². The van der Waals surface area contributed by atoms with E-state index in [9.17, 15) is 23.1 Å². The lowest BCUT2D eigenvalue weighted by atomic mass is 10.2. The number of hydrogen-bond donors (Lipinski definition) is 3. The molecule has 0 heterocycles. The minimum atomic E-state index is -4.17. The highest BCUT2D eigenvalue weighted by atomic mass is 35.5. The summed E-state index contributed by atoms with van der Waals surface area (Å²) in [7, 11) is -2.77. The maximum Gasteiger partial charge on any atom is 0.327 e. The van der Waals surface area contributed by atoms with Crippen LogP contribution in [0, 0.1) is 6.92 Å². The molecule has 174 valence electrons. The normalized spacial score (nSPS) is 13.2. The third-order valence-corrected chi connectivity index (χ3v) is 6.36. The number of nitrogens with one attached hydrogen (secondary N) is 2. The Morgan fingerprint density at radius 3 is 2.34 bits per heavy atom. The first-order valence-corrected chi connectivity index (χ1v) is 11.4. The average Bonchev–Trinajstić information content (AvgIpc) is 2.73. The van der Waals surface area contributed by atoms with Crippen molar-refractivity contribution in [2.45, 2.75) is 30.9 Å². The van der Waals surface area contributed by atoms with Crippen LogP contribution < -0.4 is 14.8 Å². The quantitative estimate of drug-likeness (QED) is 0.447. The number of ether oxygens (including phenoxy) is 2. The summed E-state index contributed by atoms with van der Waals surface area (Å²) in [5.41, 5.74) is 0.997. The first kappa shape index (κ1) is 25.9. The Hall–Kier alpha value is -2.37. The van der Waals surface area contributed by atoms with Crippen LogP contribution in [0.15, 0.2) is 41.3 Å². The summed E-state index contributed by atoms with van der Waals surface area (Å²) < 4.78 is 37.1. The Balaban J connectivity index is 2.05. The number of halogens is 2. The fraction of sp³-hybridized carbons (Fsp3) is 0.300. The van der Waals surface area contributed by atoms with Crippen LogP contribution in [0.2, 0.25) is 10.0 Å². The van der Waals surface area contributed by atoms with Crippen molar-refractivity contribution < 1.29 is 32.6 Å². The number of esters is 1. The molecule has 0 aliphatic rings. The second kappa shape index (κ2) is 11.0. The number of sulfonamides is 1. The maximum absolute atomic E-state index is 12.5. The standard InChI is InChI=1S/C20H22Cl2N2O7S/c1-11-8-16(17(30-3)9-15(11)22)23-18(26)10-31-20(27)19(12(2)25)24-32(28,29)14-6-4-13(21)5-7-14/h4-9,12,19,24-25H,10H2,1-3H3,(H,23,26)/t12-,19+/m1/s1. The van der Waals surface area contributed by atoms with Gasteiger partial charge < -0.3 is 19.9 Å². The van der Waals surface area contributed by atoms with Crippen LogP contribution in [0.5, 0.6) is 5.75 Å². The third-order valence-electron chi connectivity index (χ3n) is 4.24. The number of anilines is 1. The van der Waals surface area contributed by atoms with Gasteiger partial charge in [-0.2, -0.15) is 4.72 Å². The fourth-order valence-electron chi connectivity index (χ4n) is 2.54. The Morgan fingerprint density at radius 1 is 1.16 bits per heavy atom. The Labute approximate surface area is 195 Å². The van der Waals surface area contributed by atoms with Crippen LogP contribution in [0.4, 0.5) is 5.69 Å². The monoisotopic (exact) mass is 504 g/mol. The van der Waals surface area contributed by atoms with Gasteiger partial charge in [-0.3, -0.25) is 9.59 Å². The number of carbonyl (C=O) groups is 2. The Bertz CT molecular complexity index is 1090. The fourth-order valence-corrected chi connectivity index (χ4v) is 4.07. The van der Waals surface area contributed by atoms with Crippen LogP contribution in [0.3, 0.4) is 0 Å². The average molecular weight is 505 g/mol. The maximum atomic E-state index is 12.5. The molecule has 2 atom stereocenters. The van der Waals surface area contributed by atoms with Gasteiger partial charge in [0.15, 0.2) is 6.61 Å². The summed E-state index contributed by atoms with van der Waals surface area (Å²) in [6.07, 6.45) is -1.44. The SMILES string of the molecule is COc1cc(Cl)c(C)cc1NC(=O)COC(=O)[C@@H](NS(=O)(=O)c1ccc(Cl)cc1)[C@@H](C)O. The summed E-state index contributed by atoms with van der Waals surface area (Å²) in [5, 5.41) is 13.2. The van der Waals surface area contributed by atoms with E-state index in [1.807, 2.05) is 0 Å². The molecule has 0 radical (unpaired) electrons. The van der Waals surface area contributed by atoms with Crippen molar-refractivity contribution in [3.05, 3.63) is 52.0 Å². The van der Waals surface area contributed by atoms with Crippen LogP contribution in [-0.4, -0.2) is 51.3 Å². The van der Waals surface area contributed by atoms with Crippen molar-refractivity contribution in [3.8, 4) is 5.75 Å². The summed E-state index contributed by atoms with van der Waals surface area (Å²) in [5.74, 6) is -1.53. The Kier molecular flexibility index (Phi) is 8.88. The molecule has 2 rings (SSSR count). The smallest absolute Gasteiger partial charge is 0.327 e. The number of carbonyl (C=O) groups excluding carboxylic acids is 2. The molecule has 2 aromatic rings. The van der Waals surface area contributed by atoms with Crippen molar-refractivity contribution in [1.82, 2.24) is 4.72 Å². The summed E-state index contributed by atoms with van der Waals surface area (Å²) >= 11 is 11.8. The number of rotatable bonds is 9. The van der Waals surface area contributed by atoms with Crippen LogP contribution in [-0.2, 0) is 24.3 Å². The van der Waals surface area contributed by atoms with E-state index in [0.717, 1.165) is 0 Å². The predicted octanol–water partition coefficient (Wildman–Crippen LogP) is 2.52. The second-order valence-corrected chi connectivity index (χ2v) is 9.31. The van der Waals surface area contributed by atoms with Gasteiger partial charge in [0.25, 0.3) is 5.91 Å². The summed E-state index contributed by atoms with van der Waals surface area (Å²) in [6, 6.07) is 6.67. The van der Waals surface area contributed by atoms with E-state index in [1.54, 1.807) is 13.0 Å². The first-order valence-electron chi connectivity index (χ1n) is 9.21. The molecule has 1 amide bonds. The van der Waals surface area contributed by atoms with Gasteiger partial charge in [0.05, 0.1) is 23.8 Å². The largest absolute Gasteiger partial charge is 0.495 e. The van der Waals surface area contributed by atoms with E-state index < -0.39 is 40.7 Å². The minimum absolute atomic E-state index is 0.164. The number of benzene rings is 2. The molecule has 0 unspecified atom stereocenters. The van der Waals surface area contributed by atoms with Gasteiger partial charge in [0, 0.05) is 16.1 Å². The van der Waals surface area contributed by atoms with Crippen molar-refractivity contribution in [1.29, 1.82) is 0 Å². The highest BCUT2D eigenvalue weighted by molar-refractivity contribution is 7.89. The minimum Gasteiger partial charge on any atom is -0.495 e. The molecule has 0 saturated carbocycles. The predicted molar refractivity (Wildman–Crippen MR) is 120 cm³/mol. The number of aryl methyl sites for hydroxylation is 1. The highest BCUT2D eigenvalue weighted by Gasteiger charge is 2.31. The van der Waals surface area contributed by atoms with Crippen molar-refractivity contribution in [3.63, 3.8) is 0 Å². The zero-order chi connectivity index (χ0) is 24.1. The van der Waals surface area contributed by atoms with Crippen molar-refractivity contribution in [2.75, 3.05) is 19.0 Å². The van der Waals surface area contributed by atoms with Gasteiger partial charge in [-0.1, -0.05) is 23.2 Å². The molecule has 3 N–H and O–H groups in total. The molecule has 0 aliphatic carbocycles. The van der Waals surface area contributed by atoms with E-state index in [-0.39, 0.29) is 4.90 Å². The first-order chi connectivity index (χ1) is 14.9. The van der Waals surface area contributed by atoms with Crippen LogP contribution in [0.1, 0.15) is 12.5 Å². The Morgan fingerprint density at radius 2 is 1.78 bits per heavy atom. The van der Waals surface area contributed by atoms with E-state index in [2.05, 4.69) is 10.0 Å². The zero-order valence-corrected chi connectivity index (χ0v) is 19.7. The van der Waals surface area contributed by atoms with E-state index in [4.69, 9.17) is 32.7 Å². The van der Waals surface area contributed by atoms with E-state index in [0.29, 0.717) is 27.0 Å². The van der Waals surface area contributed by atoms with E-state index >= 15 is 0 Å². The molecule has 0 bridgehead atoms. The molecular formula is C20H22Cl2N2O7S. The third kappa shape index (κ3) is 6.81. The highest BCUT2D eigenvalue weighted by Crippen LogP contribution is 2.30. The number of methoxy groups -OCH3 is 1. The molecule has 2 aromatic carbocycles. The lowest BCUT2D eigenvalue weighted by Crippen LogP contribution is -2.48. The van der Waals surface area contributed by atoms with Gasteiger partial charge in [-0.05, 0) is 49.7 Å². The number of aliphatic hydroxyl groups is 1. The molecule has 12 heteroatoms. The van der Waals surface area contributed by atoms with E-state index in [1.165, 1.54) is 44.4 Å². The number of aliphatic hydroxyl groups excluding tert-OH is 1. The van der Waals surface area contributed by atoms with Crippen molar-refractivity contribution >= 4 is 50.8 Å². The van der Waals surface area contributed by atoms with Crippen LogP contribution >= 0.6 is 23.2 Å². The molecule has 9 nitrogen and oxygen atoms in total. The molecular weight excluding hydrogens is 483 g/mol. The molecule has 0 aromatic heterocycles. The lowest BCUT2D eigenvalue weighted by Gasteiger charge is -2.20. The van der Waals surface area contributed by atoms with Gasteiger partial charge in [-0.15, -0.1) is 0 Å². The topological polar surface area (TPSA) is 131 Å². The molecule has 32 heavy (non-hydrogen) atoms. The summed E-state index contributed by atoms with van der Waals surface area (Å²) in [4.78, 5) is 24.4. The number of amides is 1. The zero-order valence-electron chi connectivity index (χ0n) is 17.4. The molecule has 0 saturated heterocycles. The van der Waals surface area contributed by atoms with Crippen molar-refractivity contribution in [2.24, 2.45) is 0 Å².